The fraction of sp³-hybridized carbons (Fsp3) is 0.647. The van der Waals surface area contributed by atoms with E-state index < -0.39 is 0 Å². The second-order valence-corrected chi connectivity index (χ2v) is 6.88. The summed E-state index contributed by atoms with van der Waals surface area (Å²) in [7, 11) is 0. The van der Waals surface area contributed by atoms with Crippen molar-refractivity contribution in [2.75, 3.05) is 18.0 Å². The van der Waals surface area contributed by atoms with Crippen LogP contribution in [0.4, 0.5) is 5.69 Å². The third-order valence-corrected chi connectivity index (χ3v) is 4.38. The van der Waals surface area contributed by atoms with Crippen molar-refractivity contribution in [2.45, 2.75) is 53.1 Å². The molecule has 0 bridgehead atoms. The minimum Gasteiger partial charge on any atom is -0.392 e. The van der Waals surface area contributed by atoms with Gasteiger partial charge in [0.2, 0.25) is 0 Å². The van der Waals surface area contributed by atoms with Gasteiger partial charge in [-0.2, -0.15) is 0 Å². The first-order valence-electron chi connectivity index (χ1n) is 7.35. The van der Waals surface area contributed by atoms with E-state index in [9.17, 15) is 5.11 Å². The molecule has 0 amide bonds. The molecular weight excluding hydrogens is 234 g/mol. The number of nitrogens with zero attached hydrogens (tertiary/aromatic N) is 1. The first-order chi connectivity index (χ1) is 8.83. The summed E-state index contributed by atoms with van der Waals surface area (Å²) >= 11 is 0. The standard InChI is InChI=1S/C17H27NO/c1-12(2)14-8-6-7-13(3)16(14)18-10-9-15(19)17(4,5)11-18/h6-8,12,15,19H,9-11H2,1-5H3. The fourth-order valence-corrected chi connectivity index (χ4v) is 3.12. The van der Waals surface area contributed by atoms with Crippen molar-refractivity contribution in [3.63, 3.8) is 0 Å². The second kappa shape index (κ2) is 5.16. The molecule has 1 aliphatic heterocycles. The molecule has 2 nitrogen and oxygen atoms in total. The maximum absolute atomic E-state index is 10.1. The van der Waals surface area contributed by atoms with Crippen LogP contribution in [0.3, 0.4) is 0 Å². The first-order valence-corrected chi connectivity index (χ1v) is 7.35. The Morgan fingerprint density at radius 1 is 1.32 bits per heavy atom. The SMILES string of the molecule is Cc1cccc(C(C)C)c1N1CCC(O)C(C)(C)C1. The van der Waals surface area contributed by atoms with E-state index in [2.05, 4.69) is 57.7 Å². The summed E-state index contributed by atoms with van der Waals surface area (Å²) in [6, 6.07) is 6.59. The molecule has 1 aliphatic rings. The number of aliphatic hydroxyl groups is 1. The van der Waals surface area contributed by atoms with Crippen molar-refractivity contribution in [3.8, 4) is 0 Å². The summed E-state index contributed by atoms with van der Waals surface area (Å²) in [6.07, 6.45) is 0.675. The second-order valence-electron chi connectivity index (χ2n) is 6.88. The van der Waals surface area contributed by atoms with Crippen molar-refractivity contribution in [2.24, 2.45) is 5.41 Å². The van der Waals surface area contributed by atoms with Gasteiger partial charge in [-0.3, -0.25) is 0 Å². The van der Waals surface area contributed by atoms with Gasteiger partial charge in [0, 0.05) is 24.2 Å². The largest absolute Gasteiger partial charge is 0.392 e. The molecule has 1 atom stereocenters. The van der Waals surface area contributed by atoms with Crippen LogP contribution < -0.4 is 4.90 Å². The van der Waals surface area contributed by atoms with Crippen LogP contribution in [0.5, 0.6) is 0 Å². The van der Waals surface area contributed by atoms with Crippen molar-refractivity contribution >= 4 is 5.69 Å². The Hall–Kier alpha value is -1.02. The lowest BCUT2D eigenvalue weighted by atomic mass is 9.80. The predicted octanol–water partition coefficient (Wildman–Crippen LogP) is 3.72. The maximum atomic E-state index is 10.1. The van der Waals surface area contributed by atoms with Gasteiger partial charge in [-0.15, -0.1) is 0 Å². The number of aryl methyl sites for hydroxylation is 1. The summed E-state index contributed by atoms with van der Waals surface area (Å²) in [4.78, 5) is 2.47. The number of benzene rings is 1. The number of anilines is 1. The number of rotatable bonds is 2. The molecule has 2 heteroatoms. The Kier molecular flexibility index (Phi) is 3.91. The average molecular weight is 261 g/mol. The van der Waals surface area contributed by atoms with Crippen LogP contribution in [-0.4, -0.2) is 24.3 Å². The van der Waals surface area contributed by atoms with E-state index in [1.165, 1.54) is 16.8 Å². The summed E-state index contributed by atoms with van der Waals surface area (Å²) in [6.45, 7) is 12.9. The molecule has 1 heterocycles. The smallest absolute Gasteiger partial charge is 0.0624 e. The van der Waals surface area contributed by atoms with E-state index in [-0.39, 0.29) is 11.5 Å². The highest BCUT2D eigenvalue weighted by atomic mass is 16.3. The normalized spacial score (nSPS) is 22.9. The van der Waals surface area contributed by atoms with Gasteiger partial charge in [0.05, 0.1) is 6.10 Å². The van der Waals surface area contributed by atoms with Gasteiger partial charge >= 0.3 is 0 Å². The van der Waals surface area contributed by atoms with Gasteiger partial charge < -0.3 is 10.0 Å². The fourth-order valence-electron chi connectivity index (χ4n) is 3.12. The number of para-hydroxylation sites is 1. The van der Waals surface area contributed by atoms with Crippen LogP contribution in [0.2, 0.25) is 0 Å². The van der Waals surface area contributed by atoms with Gasteiger partial charge in [-0.25, -0.2) is 0 Å². The summed E-state index contributed by atoms with van der Waals surface area (Å²) < 4.78 is 0. The third kappa shape index (κ3) is 2.79. The monoisotopic (exact) mass is 261 g/mol. The Balaban J connectivity index is 2.37. The maximum Gasteiger partial charge on any atom is 0.0624 e. The van der Waals surface area contributed by atoms with Gasteiger partial charge in [0.1, 0.15) is 0 Å². The zero-order chi connectivity index (χ0) is 14.2. The molecule has 106 valence electrons. The molecule has 1 saturated heterocycles. The first kappa shape index (κ1) is 14.4. The number of piperidine rings is 1. The van der Waals surface area contributed by atoms with Crippen molar-refractivity contribution in [1.82, 2.24) is 0 Å². The van der Waals surface area contributed by atoms with Crippen LogP contribution in [-0.2, 0) is 0 Å². The van der Waals surface area contributed by atoms with E-state index in [4.69, 9.17) is 0 Å². The lowest BCUT2D eigenvalue weighted by Crippen LogP contribution is -2.49. The molecule has 1 aromatic rings. The number of hydrogen-bond donors (Lipinski definition) is 1. The molecular formula is C17H27NO. The predicted molar refractivity (Wildman–Crippen MR) is 81.9 cm³/mol. The van der Waals surface area contributed by atoms with Crippen LogP contribution >= 0.6 is 0 Å². The van der Waals surface area contributed by atoms with Crippen molar-refractivity contribution in [1.29, 1.82) is 0 Å². The highest BCUT2D eigenvalue weighted by Gasteiger charge is 2.35. The molecule has 0 saturated carbocycles. The summed E-state index contributed by atoms with van der Waals surface area (Å²) in [5, 5.41) is 10.1. The number of aliphatic hydroxyl groups excluding tert-OH is 1. The van der Waals surface area contributed by atoms with Gasteiger partial charge in [-0.1, -0.05) is 45.9 Å². The highest BCUT2D eigenvalue weighted by Crippen LogP contribution is 2.37. The molecule has 2 rings (SSSR count). The molecule has 0 spiro atoms. The Morgan fingerprint density at radius 2 is 2.00 bits per heavy atom. The van der Waals surface area contributed by atoms with E-state index >= 15 is 0 Å². The van der Waals surface area contributed by atoms with Gasteiger partial charge in [0.15, 0.2) is 0 Å². The van der Waals surface area contributed by atoms with E-state index in [0.717, 1.165) is 19.5 Å². The van der Waals surface area contributed by atoms with Crippen molar-refractivity contribution in [3.05, 3.63) is 29.3 Å². The number of hydrogen-bond acceptors (Lipinski definition) is 2. The highest BCUT2D eigenvalue weighted by molar-refractivity contribution is 5.61. The molecule has 1 N–H and O–H groups in total. The zero-order valence-electron chi connectivity index (χ0n) is 12.9. The minimum absolute atomic E-state index is 0.0330. The lowest BCUT2D eigenvalue weighted by molar-refractivity contribution is 0.0335. The van der Waals surface area contributed by atoms with Gasteiger partial charge in [0.25, 0.3) is 0 Å². The van der Waals surface area contributed by atoms with Crippen LogP contribution in [0.1, 0.15) is 51.2 Å². The topological polar surface area (TPSA) is 23.5 Å². The Labute approximate surface area is 117 Å². The molecule has 1 fully saturated rings. The van der Waals surface area contributed by atoms with E-state index in [1.54, 1.807) is 0 Å². The van der Waals surface area contributed by atoms with E-state index in [1.807, 2.05) is 0 Å². The average Bonchev–Trinajstić information content (AvgIpc) is 2.32. The Morgan fingerprint density at radius 3 is 2.58 bits per heavy atom. The Bertz CT molecular complexity index is 451. The zero-order valence-corrected chi connectivity index (χ0v) is 12.9. The molecule has 0 aliphatic carbocycles. The van der Waals surface area contributed by atoms with E-state index in [0.29, 0.717) is 5.92 Å². The van der Waals surface area contributed by atoms with Crippen LogP contribution in [0, 0.1) is 12.3 Å². The minimum atomic E-state index is -0.185. The van der Waals surface area contributed by atoms with Crippen molar-refractivity contribution < 1.29 is 5.11 Å². The molecule has 0 aromatic heterocycles. The summed E-state index contributed by atoms with van der Waals surface area (Å²) in [5.41, 5.74) is 4.12. The molecule has 19 heavy (non-hydrogen) atoms. The molecule has 1 unspecified atom stereocenters. The molecule has 0 radical (unpaired) electrons. The molecule has 1 aromatic carbocycles. The van der Waals surface area contributed by atoms with Gasteiger partial charge in [-0.05, 0) is 30.4 Å². The van der Waals surface area contributed by atoms with Crippen LogP contribution in [0.15, 0.2) is 18.2 Å². The lowest BCUT2D eigenvalue weighted by Gasteiger charge is -2.44. The third-order valence-electron chi connectivity index (χ3n) is 4.38. The summed E-state index contributed by atoms with van der Waals surface area (Å²) in [5.74, 6) is 0.532. The van der Waals surface area contributed by atoms with Crippen LogP contribution in [0.25, 0.3) is 0 Å². The quantitative estimate of drug-likeness (QED) is 0.877.